The van der Waals surface area contributed by atoms with Crippen LogP contribution in [0.2, 0.25) is 0 Å². The number of benzene rings is 4. The van der Waals surface area contributed by atoms with Crippen molar-refractivity contribution in [2.24, 2.45) is 0 Å². The second-order valence-electron chi connectivity index (χ2n) is 8.90. The van der Waals surface area contributed by atoms with Gasteiger partial charge in [0.1, 0.15) is 5.40 Å². The maximum atomic E-state index is 9.86. The van der Waals surface area contributed by atoms with E-state index >= 15 is 0 Å². The molecule has 9 heteroatoms. The summed E-state index contributed by atoms with van der Waals surface area (Å²) in [6.45, 7) is 25.6. The number of thioether (sulfide) groups is 1. The summed E-state index contributed by atoms with van der Waals surface area (Å²) < 4.78 is 22.6. The fourth-order valence-electron chi connectivity index (χ4n) is 3.43. The molecule has 0 spiro atoms. The van der Waals surface area contributed by atoms with Crippen molar-refractivity contribution in [2.75, 3.05) is 0 Å². The molecule has 43 heavy (non-hydrogen) atoms. The molecule has 4 aromatic carbocycles. The van der Waals surface area contributed by atoms with Gasteiger partial charge in [-0.05, 0) is 48.8 Å². The largest absolute Gasteiger partial charge is 0 e. The molecule has 0 aliphatic heterocycles. The molecule has 4 rings (SSSR count). The van der Waals surface area contributed by atoms with Crippen LogP contribution in [0.1, 0.15) is 20.8 Å². The summed E-state index contributed by atoms with van der Waals surface area (Å²) in [5.74, 6) is 0. The average molecular weight is 664 g/mol. The standard InChI is InChI=1S/C26H21NP2S.C5H9N.3CO.Mn/c27-21-30-26(28(22-13-5-1-6-14-22)23-15-7-2-8-16-23)29(24-17-9-3-10-18-24)25-19-11-4-12-20-25;1-5(2,3)6-4;3*1-2;/h1-20,26H;1-3H3;;;;. The monoisotopic (exact) mass is 663 g/mol. The SMILES string of the molecule is N#CSC(P(c1ccccc1)c1ccccc1)P(c1ccccc1)c1ccccc1.[C-]#[N+]C(C)(C)C.[C-]#[O+].[C-]#[O+].[C-]#[O+].[Mn]. The summed E-state index contributed by atoms with van der Waals surface area (Å²) in [6, 6.07) is 42.8. The van der Waals surface area contributed by atoms with E-state index in [1.165, 1.54) is 33.0 Å². The van der Waals surface area contributed by atoms with Crippen LogP contribution in [0.25, 0.3) is 4.85 Å². The number of hydrogen-bond donors (Lipinski definition) is 0. The Balaban J connectivity index is 0. The first-order valence-corrected chi connectivity index (χ1v) is 16.0. The van der Waals surface area contributed by atoms with E-state index in [9.17, 15) is 5.26 Å². The van der Waals surface area contributed by atoms with Gasteiger partial charge in [-0.3, -0.25) is 0 Å². The normalized spacial score (nSPS) is 9.26. The van der Waals surface area contributed by atoms with Gasteiger partial charge in [-0.2, -0.15) is 5.26 Å². The van der Waals surface area contributed by atoms with Crippen LogP contribution in [-0.2, 0) is 31.0 Å². The molecule has 0 atom stereocenters. The molecule has 0 amide bonds. The molecule has 0 fully saturated rings. The summed E-state index contributed by atoms with van der Waals surface area (Å²) in [6.07, 6.45) is 0. The Morgan fingerprint density at radius 3 is 0.977 bits per heavy atom. The van der Waals surface area contributed by atoms with Crippen molar-refractivity contribution >= 4 is 48.8 Å². The van der Waals surface area contributed by atoms with Gasteiger partial charge in [0.2, 0.25) is 5.54 Å². The van der Waals surface area contributed by atoms with Gasteiger partial charge in [0.05, 0.1) is 4.73 Å². The molecule has 217 valence electrons. The molecule has 5 nitrogen and oxygen atoms in total. The minimum Gasteiger partial charge on any atom is 0 e. The van der Waals surface area contributed by atoms with Gasteiger partial charge in [0, 0.05) is 37.8 Å². The smallest absolute Gasteiger partial charge is 0 e. The number of rotatable bonds is 7. The molecule has 0 bridgehead atoms. The fourth-order valence-corrected chi connectivity index (χ4v) is 12.2. The van der Waals surface area contributed by atoms with E-state index in [2.05, 4.69) is 152 Å². The van der Waals surface area contributed by atoms with Crippen molar-refractivity contribution in [1.82, 2.24) is 0 Å². The van der Waals surface area contributed by atoms with Gasteiger partial charge in [-0.15, -0.1) is 0 Å². The van der Waals surface area contributed by atoms with E-state index in [1.807, 2.05) is 20.8 Å². The quantitative estimate of drug-likeness (QED) is 0.0682. The molecular formula is C34H30MnN2O3P2S. The summed E-state index contributed by atoms with van der Waals surface area (Å²) in [5, 5.41) is 17.6. The first-order valence-electron chi connectivity index (χ1n) is 12.3. The molecule has 0 aliphatic carbocycles. The van der Waals surface area contributed by atoms with E-state index in [4.69, 9.17) is 20.5 Å². The fraction of sp³-hybridized carbons (Fsp3) is 0.147. The molecule has 0 unspecified atom stereocenters. The van der Waals surface area contributed by atoms with Crippen LogP contribution >= 0.6 is 27.6 Å². The van der Waals surface area contributed by atoms with Crippen molar-refractivity contribution in [3.8, 4) is 5.40 Å². The number of nitriles is 1. The Kier molecular flexibility index (Phi) is 24.7. The molecule has 4 aromatic rings. The minimum absolute atomic E-state index is 0. The van der Waals surface area contributed by atoms with Crippen molar-refractivity contribution in [2.45, 2.75) is 31.0 Å². The Bertz CT molecular complexity index is 1240. The minimum atomic E-state index is -0.738. The summed E-state index contributed by atoms with van der Waals surface area (Å²) >= 11 is 1.44. The zero-order valence-corrected chi connectivity index (χ0v) is 27.7. The van der Waals surface area contributed by atoms with Gasteiger partial charge >= 0.3 is 33.9 Å². The van der Waals surface area contributed by atoms with E-state index in [0.717, 1.165) is 0 Å². The first-order chi connectivity index (χ1) is 20.4. The molecule has 1 radical (unpaired) electrons. The van der Waals surface area contributed by atoms with E-state index in [0.29, 0.717) is 0 Å². The second-order valence-corrected chi connectivity index (χ2v) is 15.5. The number of hydrogen-bond acceptors (Lipinski definition) is 2. The first kappa shape index (κ1) is 41.9. The molecule has 0 aliphatic rings. The maximum Gasteiger partial charge on any atom is 0 e. The Morgan fingerprint density at radius 1 is 0.605 bits per heavy atom. The third kappa shape index (κ3) is 15.2. The van der Waals surface area contributed by atoms with Crippen molar-refractivity contribution in [3.63, 3.8) is 0 Å². The molecule has 0 N–H and O–H groups in total. The molecule has 0 heterocycles. The Labute approximate surface area is 273 Å². The third-order valence-corrected chi connectivity index (χ3v) is 13.0. The molecule has 0 saturated carbocycles. The summed E-state index contributed by atoms with van der Waals surface area (Å²) in [5.41, 5.74) is -0.167. The van der Waals surface area contributed by atoms with Gasteiger partial charge < -0.3 is 4.85 Å². The average Bonchev–Trinajstić information content (AvgIpc) is 3.06. The predicted molar refractivity (Wildman–Crippen MR) is 173 cm³/mol. The van der Waals surface area contributed by atoms with Crippen molar-refractivity contribution < 1.29 is 31.0 Å². The van der Waals surface area contributed by atoms with Crippen LogP contribution < -0.4 is 21.2 Å². The van der Waals surface area contributed by atoms with Gasteiger partial charge in [-0.25, -0.2) is 6.57 Å². The number of nitrogens with zero attached hydrogens (tertiary/aromatic N) is 2. The second kappa shape index (κ2) is 25.3. The predicted octanol–water partition coefficient (Wildman–Crippen LogP) is 7.34. The van der Waals surface area contributed by atoms with E-state index in [1.54, 1.807) is 0 Å². The van der Waals surface area contributed by atoms with Crippen LogP contribution in [0.3, 0.4) is 0 Å². The third-order valence-electron chi connectivity index (χ3n) is 5.07. The molecule has 0 aromatic heterocycles. The van der Waals surface area contributed by atoms with Crippen molar-refractivity contribution in [3.05, 3.63) is 153 Å². The Morgan fingerprint density at radius 2 is 0.814 bits per heavy atom. The summed E-state index contributed by atoms with van der Waals surface area (Å²) in [7, 11) is -1.48. The zero-order chi connectivity index (χ0) is 31.8. The van der Waals surface area contributed by atoms with Crippen LogP contribution in [0.4, 0.5) is 0 Å². The van der Waals surface area contributed by atoms with Crippen LogP contribution in [0.5, 0.6) is 0 Å². The van der Waals surface area contributed by atoms with Crippen LogP contribution in [0, 0.1) is 37.2 Å². The van der Waals surface area contributed by atoms with Crippen molar-refractivity contribution in [1.29, 1.82) is 5.26 Å². The molecular weight excluding hydrogens is 633 g/mol. The van der Waals surface area contributed by atoms with Gasteiger partial charge in [-0.1, -0.05) is 121 Å². The topological polar surface area (TPSA) is 87.8 Å². The Hall–Kier alpha value is -3.19. The van der Waals surface area contributed by atoms with E-state index in [-0.39, 0.29) is 27.3 Å². The molecule has 0 saturated heterocycles. The van der Waals surface area contributed by atoms with Gasteiger partial charge in [0.25, 0.3) is 0 Å². The van der Waals surface area contributed by atoms with Gasteiger partial charge in [0.15, 0.2) is 0 Å². The number of thiocyanates is 1. The van der Waals surface area contributed by atoms with Crippen LogP contribution in [-0.4, -0.2) is 10.3 Å². The van der Waals surface area contributed by atoms with E-state index < -0.39 is 15.8 Å². The maximum absolute atomic E-state index is 9.86. The summed E-state index contributed by atoms with van der Waals surface area (Å²) in [4.78, 5) is 3.27. The zero-order valence-electron chi connectivity index (χ0n) is 23.9. The van der Waals surface area contributed by atoms with Crippen LogP contribution in [0.15, 0.2) is 121 Å².